The van der Waals surface area contributed by atoms with Crippen LogP contribution in [0.1, 0.15) is 25.8 Å². The van der Waals surface area contributed by atoms with Crippen LogP contribution < -0.4 is 5.32 Å². The van der Waals surface area contributed by atoms with E-state index in [0.29, 0.717) is 25.1 Å². The average Bonchev–Trinajstić information content (AvgIpc) is 2.96. The second kappa shape index (κ2) is 7.97. The topological polar surface area (TPSA) is 69.0 Å². The lowest BCUT2D eigenvalue weighted by Crippen LogP contribution is -2.10. The predicted molar refractivity (Wildman–Crippen MR) is 84.2 cm³/mol. The summed E-state index contributed by atoms with van der Waals surface area (Å²) >= 11 is 0. The first-order valence-electron chi connectivity index (χ1n) is 7.28. The number of aromatic nitrogens is 3. The molecule has 0 atom stereocenters. The van der Waals surface area contributed by atoms with Crippen molar-refractivity contribution in [3.8, 4) is 0 Å². The monoisotopic (exact) mass is 300 g/mol. The molecule has 2 rings (SSSR count). The van der Waals surface area contributed by atoms with Gasteiger partial charge in [0.1, 0.15) is 5.82 Å². The molecule has 0 fully saturated rings. The molecule has 0 aromatic carbocycles. The molecule has 0 unspecified atom stereocenters. The van der Waals surface area contributed by atoms with E-state index in [0.717, 1.165) is 11.4 Å². The van der Waals surface area contributed by atoms with Gasteiger partial charge >= 0.3 is 5.97 Å². The Kier molecular flexibility index (Phi) is 5.71. The fourth-order valence-corrected chi connectivity index (χ4v) is 1.93. The van der Waals surface area contributed by atoms with Gasteiger partial charge in [0.2, 0.25) is 0 Å². The van der Waals surface area contributed by atoms with Crippen LogP contribution in [0.2, 0.25) is 0 Å². The van der Waals surface area contributed by atoms with Crippen molar-refractivity contribution in [3.63, 3.8) is 0 Å². The average molecular weight is 300 g/mol. The molecule has 0 bridgehead atoms. The highest BCUT2D eigenvalue weighted by atomic mass is 16.5. The minimum Gasteiger partial charge on any atom is -0.463 e. The normalized spacial score (nSPS) is 11.3. The number of hydrogen-bond donors (Lipinski definition) is 1. The lowest BCUT2D eigenvalue weighted by atomic mass is 10.2. The number of carbonyl (C=O) groups excluding carboxylic acids is 1. The number of rotatable bonds is 7. The zero-order valence-electron chi connectivity index (χ0n) is 12.8. The minimum absolute atomic E-state index is 0.294. The number of esters is 1. The molecule has 6 heteroatoms. The molecular formula is C16H20N4O2. The molecule has 0 aliphatic heterocycles. The van der Waals surface area contributed by atoms with Crippen LogP contribution >= 0.6 is 0 Å². The van der Waals surface area contributed by atoms with Crippen molar-refractivity contribution in [2.24, 2.45) is 0 Å². The SMILES string of the molecule is CCOC(=O)/C(=C\Nc1ccnn1Cc1ccncc1)CC. The maximum atomic E-state index is 11.7. The Bertz CT molecular complexity index is 635. The summed E-state index contributed by atoms with van der Waals surface area (Å²) in [6.45, 7) is 4.71. The Labute approximate surface area is 129 Å². The molecule has 0 aliphatic rings. The zero-order valence-corrected chi connectivity index (χ0v) is 12.8. The van der Waals surface area contributed by atoms with Crippen molar-refractivity contribution in [1.29, 1.82) is 0 Å². The molecule has 0 amide bonds. The highest BCUT2D eigenvalue weighted by molar-refractivity contribution is 5.88. The molecule has 0 aliphatic carbocycles. The molecule has 0 saturated carbocycles. The van der Waals surface area contributed by atoms with E-state index in [1.54, 1.807) is 31.7 Å². The van der Waals surface area contributed by atoms with Gasteiger partial charge in [0.25, 0.3) is 0 Å². The highest BCUT2D eigenvalue weighted by Crippen LogP contribution is 2.11. The van der Waals surface area contributed by atoms with E-state index < -0.39 is 0 Å². The minimum atomic E-state index is -0.294. The van der Waals surface area contributed by atoms with Crippen LogP contribution in [-0.4, -0.2) is 27.3 Å². The summed E-state index contributed by atoms with van der Waals surface area (Å²) < 4.78 is 6.84. The first-order chi connectivity index (χ1) is 10.7. The van der Waals surface area contributed by atoms with E-state index >= 15 is 0 Å². The number of anilines is 1. The van der Waals surface area contributed by atoms with Gasteiger partial charge in [0.05, 0.1) is 24.9 Å². The second-order valence-corrected chi connectivity index (χ2v) is 4.62. The van der Waals surface area contributed by atoms with Crippen molar-refractivity contribution < 1.29 is 9.53 Å². The Morgan fingerprint density at radius 3 is 2.73 bits per heavy atom. The number of ether oxygens (including phenoxy) is 1. The fraction of sp³-hybridized carbons (Fsp3) is 0.312. The molecule has 2 aromatic rings. The van der Waals surface area contributed by atoms with Gasteiger partial charge in [0.15, 0.2) is 0 Å². The molecule has 0 radical (unpaired) electrons. The Balaban J connectivity index is 2.07. The van der Waals surface area contributed by atoms with E-state index in [1.165, 1.54) is 0 Å². The zero-order chi connectivity index (χ0) is 15.8. The van der Waals surface area contributed by atoms with Crippen LogP contribution in [-0.2, 0) is 16.1 Å². The molecule has 6 nitrogen and oxygen atoms in total. The first-order valence-corrected chi connectivity index (χ1v) is 7.28. The summed E-state index contributed by atoms with van der Waals surface area (Å²) in [6.07, 6.45) is 7.50. The van der Waals surface area contributed by atoms with Crippen LogP contribution in [0, 0.1) is 0 Å². The van der Waals surface area contributed by atoms with Gasteiger partial charge in [-0.05, 0) is 31.0 Å². The number of hydrogen-bond acceptors (Lipinski definition) is 5. The second-order valence-electron chi connectivity index (χ2n) is 4.62. The summed E-state index contributed by atoms with van der Waals surface area (Å²) in [7, 11) is 0. The summed E-state index contributed by atoms with van der Waals surface area (Å²) in [5.41, 5.74) is 1.70. The summed E-state index contributed by atoms with van der Waals surface area (Å²) in [5.74, 6) is 0.518. The Morgan fingerprint density at radius 1 is 1.27 bits per heavy atom. The molecule has 0 saturated heterocycles. The Hall–Kier alpha value is -2.63. The van der Waals surface area contributed by atoms with Gasteiger partial charge < -0.3 is 10.1 Å². The van der Waals surface area contributed by atoms with Crippen LogP contribution in [0.25, 0.3) is 0 Å². The molecule has 22 heavy (non-hydrogen) atoms. The quantitative estimate of drug-likeness (QED) is 0.629. The summed E-state index contributed by atoms with van der Waals surface area (Å²) in [6, 6.07) is 5.74. The van der Waals surface area contributed by atoms with Crippen LogP contribution in [0.4, 0.5) is 5.82 Å². The molecule has 1 N–H and O–H groups in total. The third-order valence-electron chi connectivity index (χ3n) is 3.11. The summed E-state index contributed by atoms with van der Waals surface area (Å²) in [4.78, 5) is 15.7. The van der Waals surface area contributed by atoms with E-state index in [1.807, 2.05) is 29.8 Å². The predicted octanol–water partition coefficient (Wildman–Crippen LogP) is 2.60. The number of nitrogens with one attached hydrogen (secondary N) is 1. The largest absolute Gasteiger partial charge is 0.463 e. The summed E-state index contributed by atoms with van der Waals surface area (Å²) in [5, 5.41) is 7.41. The Morgan fingerprint density at radius 2 is 2.05 bits per heavy atom. The van der Waals surface area contributed by atoms with Crippen LogP contribution in [0.15, 0.2) is 48.6 Å². The van der Waals surface area contributed by atoms with Crippen LogP contribution in [0.3, 0.4) is 0 Å². The smallest absolute Gasteiger partial charge is 0.335 e. The highest BCUT2D eigenvalue weighted by Gasteiger charge is 2.08. The van der Waals surface area contributed by atoms with Crippen LogP contribution in [0.5, 0.6) is 0 Å². The molecular weight excluding hydrogens is 280 g/mol. The van der Waals surface area contributed by atoms with E-state index in [2.05, 4.69) is 15.4 Å². The van der Waals surface area contributed by atoms with Gasteiger partial charge in [-0.15, -0.1) is 0 Å². The fourth-order valence-electron chi connectivity index (χ4n) is 1.93. The lowest BCUT2D eigenvalue weighted by molar-refractivity contribution is -0.138. The number of nitrogens with zero attached hydrogens (tertiary/aromatic N) is 3. The van der Waals surface area contributed by atoms with E-state index in [4.69, 9.17) is 4.74 Å². The maximum Gasteiger partial charge on any atom is 0.335 e. The van der Waals surface area contributed by atoms with E-state index in [9.17, 15) is 4.79 Å². The molecule has 116 valence electrons. The van der Waals surface area contributed by atoms with Crippen molar-refractivity contribution in [2.45, 2.75) is 26.8 Å². The molecule has 2 heterocycles. The first kappa shape index (κ1) is 15.8. The third kappa shape index (κ3) is 4.18. The van der Waals surface area contributed by atoms with Crippen molar-refractivity contribution in [2.75, 3.05) is 11.9 Å². The van der Waals surface area contributed by atoms with Crippen molar-refractivity contribution >= 4 is 11.8 Å². The molecule has 0 spiro atoms. The maximum absolute atomic E-state index is 11.7. The van der Waals surface area contributed by atoms with Gasteiger partial charge in [-0.3, -0.25) is 4.98 Å². The molecule has 2 aromatic heterocycles. The van der Waals surface area contributed by atoms with Crippen molar-refractivity contribution in [3.05, 3.63) is 54.1 Å². The van der Waals surface area contributed by atoms with Gasteiger partial charge in [-0.25, -0.2) is 9.48 Å². The van der Waals surface area contributed by atoms with Gasteiger partial charge in [-0.1, -0.05) is 6.92 Å². The van der Waals surface area contributed by atoms with Gasteiger partial charge in [0, 0.05) is 24.7 Å². The number of pyridine rings is 1. The van der Waals surface area contributed by atoms with Gasteiger partial charge in [-0.2, -0.15) is 5.10 Å². The number of carbonyl (C=O) groups is 1. The lowest BCUT2D eigenvalue weighted by Gasteiger charge is -2.09. The third-order valence-corrected chi connectivity index (χ3v) is 3.11. The standard InChI is InChI=1S/C16H20N4O2/c1-3-14(16(21)22-4-2)11-18-15-7-10-19-20(15)12-13-5-8-17-9-6-13/h5-11,18H,3-4,12H2,1-2H3/b14-11-. The van der Waals surface area contributed by atoms with E-state index in [-0.39, 0.29) is 5.97 Å². The van der Waals surface area contributed by atoms with Crippen molar-refractivity contribution in [1.82, 2.24) is 14.8 Å².